The maximum Gasteiger partial charge on any atom is 0.316 e. The predicted molar refractivity (Wildman–Crippen MR) is 93.2 cm³/mol. The smallest absolute Gasteiger partial charge is 0.316 e. The summed E-state index contributed by atoms with van der Waals surface area (Å²) in [6, 6.07) is 9.56. The van der Waals surface area contributed by atoms with Crippen LogP contribution < -0.4 is 14.2 Å². The average molecular weight is 355 g/mol. The first-order valence-corrected chi connectivity index (χ1v) is 8.85. The summed E-state index contributed by atoms with van der Waals surface area (Å²) in [5.41, 5.74) is 0. The third kappa shape index (κ3) is 3.42. The van der Waals surface area contributed by atoms with Crippen molar-refractivity contribution in [3.05, 3.63) is 42.7 Å². The Hall–Kier alpha value is -2.83. The maximum atomic E-state index is 12.9. The molecule has 1 aromatic carbocycles. The number of hydrogen-bond donors (Lipinski definition) is 0. The highest BCUT2D eigenvalue weighted by Gasteiger charge is 2.38. The highest BCUT2D eigenvalue weighted by atomic mass is 16.6. The van der Waals surface area contributed by atoms with E-state index in [4.69, 9.17) is 14.2 Å². The quantitative estimate of drug-likeness (QED) is 0.839. The first-order valence-electron chi connectivity index (χ1n) is 8.85. The number of para-hydroxylation sites is 2. The van der Waals surface area contributed by atoms with Crippen molar-refractivity contribution < 1.29 is 19.0 Å². The van der Waals surface area contributed by atoms with Crippen molar-refractivity contribution in [2.45, 2.75) is 38.1 Å². The summed E-state index contributed by atoms with van der Waals surface area (Å²) in [4.78, 5) is 22.9. The van der Waals surface area contributed by atoms with Gasteiger partial charge in [-0.05, 0) is 25.1 Å². The Morgan fingerprint density at radius 3 is 2.42 bits per heavy atom. The van der Waals surface area contributed by atoms with Crippen LogP contribution in [0.3, 0.4) is 0 Å². The number of nitrogens with zero attached hydrogens (tertiary/aromatic N) is 3. The Balaban J connectivity index is 1.35. The minimum Gasteiger partial charge on any atom is -0.482 e. The molecule has 1 aromatic heterocycles. The largest absolute Gasteiger partial charge is 0.482 e. The van der Waals surface area contributed by atoms with E-state index in [1.54, 1.807) is 18.5 Å². The minimum absolute atomic E-state index is 0.0168. The monoisotopic (exact) mass is 355 g/mol. The summed E-state index contributed by atoms with van der Waals surface area (Å²) in [6.07, 6.45) is 3.85. The third-order valence-electron chi connectivity index (χ3n) is 4.65. The van der Waals surface area contributed by atoms with E-state index < -0.39 is 6.10 Å². The van der Waals surface area contributed by atoms with Gasteiger partial charge in [0, 0.05) is 38.3 Å². The Labute approximate surface area is 151 Å². The van der Waals surface area contributed by atoms with Gasteiger partial charge >= 0.3 is 6.01 Å². The lowest BCUT2D eigenvalue weighted by molar-refractivity contribution is -0.146. The summed E-state index contributed by atoms with van der Waals surface area (Å²) in [7, 11) is 0. The number of piperidine rings is 1. The lowest BCUT2D eigenvalue weighted by Gasteiger charge is -2.37. The van der Waals surface area contributed by atoms with E-state index in [0.717, 1.165) is 12.8 Å². The number of amides is 1. The molecule has 0 saturated carbocycles. The Morgan fingerprint density at radius 2 is 1.73 bits per heavy atom. The summed E-state index contributed by atoms with van der Waals surface area (Å²) in [5, 5.41) is 0. The van der Waals surface area contributed by atoms with E-state index in [1.165, 1.54) is 0 Å². The second-order valence-corrected chi connectivity index (χ2v) is 6.48. The van der Waals surface area contributed by atoms with Crippen molar-refractivity contribution in [1.82, 2.24) is 14.9 Å². The summed E-state index contributed by atoms with van der Waals surface area (Å²) < 4.78 is 17.5. The average Bonchev–Trinajstić information content (AvgIpc) is 2.68. The minimum atomic E-state index is -0.625. The van der Waals surface area contributed by atoms with Crippen LogP contribution in [-0.4, -0.2) is 52.2 Å². The second-order valence-electron chi connectivity index (χ2n) is 6.48. The van der Waals surface area contributed by atoms with Gasteiger partial charge in [-0.2, -0.15) is 0 Å². The number of likely N-dealkylation sites (tertiary alicyclic amines) is 1. The zero-order valence-corrected chi connectivity index (χ0v) is 14.6. The standard InChI is InChI=1S/C19H21N3O4/c1-13-17(26-16-6-3-2-5-15(16)24-13)18(23)22-11-7-14(8-12-22)25-19-20-9-4-10-21-19/h2-6,9-10,13-14,17H,7-8,11-12H2,1H3/t13-,17+/m0/s1. The normalized spacial score (nSPS) is 22.7. The molecule has 0 unspecified atom stereocenters. The molecule has 1 fully saturated rings. The molecule has 2 aliphatic rings. The van der Waals surface area contributed by atoms with Gasteiger partial charge in [-0.1, -0.05) is 12.1 Å². The fourth-order valence-corrected chi connectivity index (χ4v) is 3.26. The van der Waals surface area contributed by atoms with Crippen LogP contribution in [0.15, 0.2) is 42.7 Å². The Morgan fingerprint density at radius 1 is 1.08 bits per heavy atom. The van der Waals surface area contributed by atoms with Gasteiger partial charge in [-0.15, -0.1) is 0 Å². The van der Waals surface area contributed by atoms with Crippen LogP contribution in [-0.2, 0) is 4.79 Å². The number of aromatic nitrogens is 2. The number of rotatable bonds is 3. The van der Waals surface area contributed by atoms with Crippen LogP contribution in [0, 0.1) is 0 Å². The van der Waals surface area contributed by atoms with Crippen molar-refractivity contribution in [2.75, 3.05) is 13.1 Å². The molecular weight excluding hydrogens is 334 g/mol. The van der Waals surface area contributed by atoms with Gasteiger partial charge < -0.3 is 19.1 Å². The highest BCUT2D eigenvalue weighted by molar-refractivity contribution is 5.82. The van der Waals surface area contributed by atoms with E-state index in [2.05, 4.69) is 9.97 Å². The molecule has 136 valence electrons. The van der Waals surface area contributed by atoms with Gasteiger partial charge in [0.05, 0.1) is 0 Å². The molecule has 3 heterocycles. The number of carbonyl (C=O) groups is 1. The molecule has 26 heavy (non-hydrogen) atoms. The molecule has 0 spiro atoms. The molecule has 2 aromatic rings. The molecule has 2 atom stereocenters. The molecule has 4 rings (SSSR count). The van der Waals surface area contributed by atoms with Crippen LogP contribution in [0.25, 0.3) is 0 Å². The molecule has 1 amide bonds. The van der Waals surface area contributed by atoms with Crippen molar-refractivity contribution in [3.8, 4) is 17.5 Å². The van der Waals surface area contributed by atoms with E-state index in [9.17, 15) is 4.79 Å². The zero-order valence-electron chi connectivity index (χ0n) is 14.6. The van der Waals surface area contributed by atoms with E-state index in [0.29, 0.717) is 30.6 Å². The van der Waals surface area contributed by atoms with E-state index >= 15 is 0 Å². The fraction of sp³-hybridized carbons (Fsp3) is 0.421. The first kappa shape index (κ1) is 16.6. The van der Waals surface area contributed by atoms with E-state index in [-0.39, 0.29) is 18.1 Å². The molecule has 7 nitrogen and oxygen atoms in total. The first-order chi connectivity index (χ1) is 12.7. The highest BCUT2D eigenvalue weighted by Crippen LogP contribution is 2.34. The second kappa shape index (κ2) is 7.19. The van der Waals surface area contributed by atoms with Crippen LogP contribution >= 0.6 is 0 Å². The molecular formula is C19H21N3O4. The lowest BCUT2D eigenvalue weighted by Crippen LogP contribution is -2.53. The molecule has 0 bridgehead atoms. The molecule has 0 radical (unpaired) electrons. The number of carbonyl (C=O) groups excluding carboxylic acids is 1. The van der Waals surface area contributed by atoms with Gasteiger partial charge in [0.2, 0.25) is 6.10 Å². The van der Waals surface area contributed by atoms with Crippen LogP contribution in [0.4, 0.5) is 0 Å². The van der Waals surface area contributed by atoms with Gasteiger partial charge in [0.15, 0.2) is 11.5 Å². The third-order valence-corrected chi connectivity index (χ3v) is 4.65. The lowest BCUT2D eigenvalue weighted by atomic mass is 10.1. The van der Waals surface area contributed by atoms with Gasteiger partial charge in [0.25, 0.3) is 5.91 Å². The van der Waals surface area contributed by atoms with Crippen molar-refractivity contribution in [1.29, 1.82) is 0 Å². The number of fused-ring (bicyclic) bond motifs is 1. The van der Waals surface area contributed by atoms with Crippen molar-refractivity contribution in [3.63, 3.8) is 0 Å². The van der Waals surface area contributed by atoms with Crippen molar-refractivity contribution >= 4 is 5.91 Å². The Bertz CT molecular complexity index is 762. The number of hydrogen-bond acceptors (Lipinski definition) is 6. The van der Waals surface area contributed by atoms with Crippen LogP contribution in [0.2, 0.25) is 0 Å². The maximum absolute atomic E-state index is 12.9. The van der Waals surface area contributed by atoms with Gasteiger partial charge in [0.1, 0.15) is 12.2 Å². The van der Waals surface area contributed by atoms with Crippen LogP contribution in [0.1, 0.15) is 19.8 Å². The van der Waals surface area contributed by atoms with E-state index in [1.807, 2.05) is 36.1 Å². The fourth-order valence-electron chi connectivity index (χ4n) is 3.26. The number of benzene rings is 1. The SMILES string of the molecule is C[C@@H]1Oc2ccccc2O[C@H]1C(=O)N1CCC(Oc2ncccn2)CC1. The van der Waals surface area contributed by atoms with Crippen molar-refractivity contribution in [2.24, 2.45) is 0 Å². The van der Waals surface area contributed by atoms with Gasteiger partial charge in [-0.3, -0.25) is 4.79 Å². The summed E-state index contributed by atoms with van der Waals surface area (Å²) in [5.74, 6) is 1.25. The molecule has 0 N–H and O–H groups in total. The Kier molecular flexibility index (Phi) is 4.60. The molecule has 7 heteroatoms. The topological polar surface area (TPSA) is 73.8 Å². The predicted octanol–water partition coefficient (Wildman–Crippen LogP) is 2.07. The molecule has 0 aliphatic carbocycles. The summed E-state index contributed by atoms with van der Waals surface area (Å²) >= 11 is 0. The van der Waals surface area contributed by atoms with Gasteiger partial charge in [-0.25, -0.2) is 9.97 Å². The summed E-state index contributed by atoms with van der Waals surface area (Å²) in [6.45, 7) is 3.09. The molecule has 1 saturated heterocycles. The number of ether oxygens (including phenoxy) is 3. The zero-order chi connectivity index (χ0) is 17.9. The molecule has 2 aliphatic heterocycles. The van der Waals surface area contributed by atoms with Crippen LogP contribution in [0.5, 0.6) is 17.5 Å².